The Morgan fingerprint density at radius 1 is 1.18 bits per heavy atom. The lowest BCUT2D eigenvalue weighted by Gasteiger charge is -2.07. The quantitative estimate of drug-likeness (QED) is 0.567. The van der Waals surface area contributed by atoms with E-state index < -0.39 is 5.97 Å². The van der Waals surface area contributed by atoms with Crippen molar-refractivity contribution < 1.29 is 9.90 Å². The SMILES string of the molecule is Cc1cc(-c2c(-c3cccc(C#N)c3)nn3ccc(N)nc23)cc(C(=O)O)n1. The van der Waals surface area contributed by atoms with Crippen LogP contribution >= 0.6 is 0 Å². The summed E-state index contributed by atoms with van der Waals surface area (Å²) in [6.45, 7) is 1.72. The number of aromatic carboxylic acids is 1. The Bertz CT molecular complexity index is 1290. The molecule has 28 heavy (non-hydrogen) atoms. The molecule has 0 radical (unpaired) electrons. The van der Waals surface area contributed by atoms with Crippen LogP contribution in [0.2, 0.25) is 0 Å². The van der Waals surface area contributed by atoms with E-state index in [2.05, 4.69) is 21.1 Å². The van der Waals surface area contributed by atoms with Crippen LogP contribution in [0.3, 0.4) is 0 Å². The van der Waals surface area contributed by atoms with Crippen LogP contribution in [-0.2, 0) is 0 Å². The molecule has 3 aromatic heterocycles. The van der Waals surface area contributed by atoms with Gasteiger partial charge in [0.05, 0.1) is 17.2 Å². The van der Waals surface area contributed by atoms with Gasteiger partial charge in [-0.3, -0.25) is 0 Å². The smallest absolute Gasteiger partial charge is 0.354 e. The lowest BCUT2D eigenvalue weighted by atomic mass is 9.99. The molecule has 0 unspecified atom stereocenters. The number of nitrogen functional groups attached to an aromatic ring is 1. The van der Waals surface area contributed by atoms with E-state index in [1.807, 2.05) is 6.07 Å². The number of aromatic nitrogens is 4. The zero-order chi connectivity index (χ0) is 19.8. The van der Waals surface area contributed by atoms with E-state index >= 15 is 0 Å². The molecule has 0 bridgehead atoms. The van der Waals surface area contributed by atoms with Gasteiger partial charge in [0.15, 0.2) is 5.65 Å². The van der Waals surface area contributed by atoms with Crippen LogP contribution in [0, 0.1) is 18.3 Å². The summed E-state index contributed by atoms with van der Waals surface area (Å²) in [5.41, 5.74) is 9.83. The van der Waals surface area contributed by atoms with Crippen molar-refractivity contribution in [1.82, 2.24) is 19.6 Å². The summed E-state index contributed by atoms with van der Waals surface area (Å²) in [5, 5.41) is 23.2. The van der Waals surface area contributed by atoms with E-state index in [1.165, 1.54) is 6.07 Å². The van der Waals surface area contributed by atoms with E-state index in [4.69, 9.17) is 5.73 Å². The lowest BCUT2D eigenvalue weighted by Crippen LogP contribution is -2.02. The molecular formula is C20H14N6O2. The van der Waals surface area contributed by atoms with Gasteiger partial charge >= 0.3 is 5.97 Å². The minimum absolute atomic E-state index is 0.0741. The molecule has 8 nitrogen and oxygen atoms in total. The molecule has 0 fully saturated rings. The number of carboxylic acid groups (broad SMARTS) is 1. The number of nitriles is 1. The average molecular weight is 370 g/mol. The third-order valence-electron chi connectivity index (χ3n) is 4.23. The number of aryl methyl sites for hydroxylation is 1. The molecule has 0 saturated heterocycles. The van der Waals surface area contributed by atoms with Crippen LogP contribution in [-0.4, -0.2) is 30.7 Å². The monoisotopic (exact) mass is 370 g/mol. The largest absolute Gasteiger partial charge is 0.477 e. The first kappa shape index (κ1) is 17.2. The molecule has 8 heteroatoms. The van der Waals surface area contributed by atoms with Crippen LogP contribution in [0.4, 0.5) is 5.82 Å². The van der Waals surface area contributed by atoms with Crippen LogP contribution < -0.4 is 5.73 Å². The number of anilines is 1. The van der Waals surface area contributed by atoms with Gasteiger partial charge in [0, 0.05) is 17.5 Å². The van der Waals surface area contributed by atoms with Gasteiger partial charge in [0.1, 0.15) is 17.2 Å². The Morgan fingerprint density at radius 2 is 2.00 bits per heavy atom. The summed E-state index contributed by atoms with van der Waals surface area (Å²) in [4.78, 5) is 19.9. The maximum absolute atomic E-state index is 11.5. The molecular weight excluding hydrogens is 356 g/mol. The fraction of sp³-hybridized carbons (Fsp3) is 0.0500. The third-order valence-corrected chi connectivity index (χ3v) is 4.23. The summed E-state index contributed by atoms with van der Waals surface area (Å²) in [7, 11) is 0. The molecule has 4 aromatic rings. The number of nitrogens with zero attached hydrogens (tertiary/aromatic N) is 5. The Kier molecular flexibility index (Phi) is 3.98. The molecule has 0 saturated carbocycles. The third kappa shape index (κ3) is 2.91. The Labute approximate surface area is 159 Å². The summed E-state index contributed by atoms with van der Waals surface area (Å²) in [6, 6.07) is 14.0. The molecule has 3 N–H and O–H groups in total. The van der Waals surface area contributed by atoms with Gasteiger partial charge in [-0.05, 0) is 42.8 Å². The highest BCUT2D eigenvalue weighted by Gasteiger charge is 2.20. The molecule has 0 aliphatic rings. The summed E-state index contributed by atoms with van der Waals surface area (Å²) < 4.78 is 1.58. The number of rotatable bonds is 3. The van der Waals surface area contributed by atoms with Gasteiger partial charge < -0.3 is 10.8 Å². The van der Waals surface area contributed by atoms with E-state index in [0.717, 1.165) is 0 Å². The number of fused-ring (bicyclic) bond motifs is 1. The van der Waals surface area contributed by atoms with Gasteiger partial charge in [0.25, 0.3) is 0 Å². The number of pyridine rings is 1. The van der Waals surface area contributed by atoms with Crippen LogP contribution in [0.15, 0.2) is 48.7 Å². The van der Waals surface area contributed by atoms with Crippen molar-refractivity contribution >= 4 is 17.4 Å². The molecule has 0 aliphatic carbocycles. The van der Waals surface area contributed by atoms with Gasteiger partial charge in [-0.1, -0.05) is 12.1 Å². The van der Waals surface area contributed by atoms with Gasteiger partial charge in [-0.2, -0.15) is 10.4 Å². The Morgan fingerprint density at radius 3 is 2.75 bits per heavy atom. The average Bonchev–Trinajstić information content (AvgIpc) is 3.06. The number of carboxylic acids is 1. The van der Waals surface area contributed by atoms with Gasteiger partial charge in [0.2, 0.25) is 0 Å². The number of hydrogen-bond donors (Lipinski definition) is 2. The topological polar surface area (TPSA) is 130 Å². The van der Waals surface area contributed by atoms with E-state index in [9.17, 15) is 15.2 Å². The lowest BCUT2D eigenvalue weighted by molar-refractivity contribution is 0.0690. The summed E-state index contributed by atoms with van der Waals surface area (Å²) >= 11 is 0. The zero-order valence-corrected chi connectivity index (χ0v) is 14.8. The van der Waals surface area contributed by atoms with Crippen LogP contribution in [0.25, 0.3) is 28.0 Å². The van der Waals surface area contributed by atoms with Crippen molar-refractivity contribution in [3.63, 3.8) is 0 Å². The van der Waals surface area contributed by atoms with Crippen LogP contribution in [0.1, 0.15) is 21.7 Å². The van der Waals surface area contributed by atoms with Crippen molar-refractivity contribution in [3.8, 4) is 28.5 Å². The maximum atomic E-state index is 11.5. The summed E-state index contributed by atoms with van der Waals surface area (Å²) in [6.07, 6.45) is 1.69. The first-order valence-electron chi connectivity index (χ1n) is 8.34. The highest BCUT2D eigenvalue weighted by molar-refractivity contribution is 5.94. The van der Waals surface area contributed by atoms with Crippen molar-refractivity contribution in [2.75, 3.05) is 5.73 Å². The first-order chi connectivity index (χ1) is 13.5. The van der Waals surface area contributed by atoms with Crippen molar-refractivity contribution in [2.24, 2.45) is 0 Å². The number of carbonyl (C=O) groups is 1. The molecule has 136 valence electrons. The Hall–Kier alpha value is -4.25. The second kappa shape index (κ2) is 6.48. The zero-order valence-electron chi connectivity index (χ0n) is 14.8. The van der Waals surface area contributed by atoms with Crippen LogP contribution in [0.5, 0.6) is 0 Å². The molecule has 0 amide bonds. The second-order valence-corrected chi connectivity index (χ2v) is 6.22. The van der Waals surface area contributed by atoms with Crippen molar-refractivity contribution in [1.29, 1.82) is 5.26 Å². The highest BCUT2D eigenvalue weighted by Crippen LogP contribution is 2.35. The minimum Gasteiger partial charge on any atom is -0.477 e. The molecule has 4 rings (SSSR count). The first-order valence-corrected chi connectivity index (χ1v) is 8.34. The predicted molar refractivity (Wildman–Crippen MR) is 102 cm³/mol. The maximum Gasteiger partial charge on any atom is 0.354 e. The Balaban J connectivity index is 2.08. The standard InChI is InChI=1S/C20H14N6O2/c1-11-7-14(9-15(23-11)20(27)28)17-18(13-4-2-3-12(8-13)10-21)25-26-6-5-16(22)24-19(17)26/h2-9H,1H3,(H2,22,24)(H,27,28). The molecule has 3 heterocycles. The number of benzene rings is 1. The van der Waals surface area contributed by atoms with Crippen molar-refractivity contribution in [3.05, 3.63) is 65.6 Å². The van der Waals surface area contributed by atoms with E-state index in [1.54, 1.807) is 48.0 Å². The molecule has 1 aromatic carbocycles. The molecule has 0 spiro atoms. The van der Waals surface area contributed by atoms with E-state index in [-0.39, 0.29) is 5.69 Å². The molecule has 0 aliphatic heterocycles. The number of hydrogen-bond acceptors (Lipinski definition) is 6. The fourth-order valence-electron chi connectivity index (χ4n) is 3.07. The van der Waals surface area contributed by atoms with Gasteiger partial charge in [-0.25, -0.2) is 19.3 Å². The highest BCUT2D eigenvalue weighted by atomic mass is 16.4. The minimum atomic E-state index is -1.12. The summed E-state index contributed by atoms with van der Waals surface area (Å²) in [5.74, 6) is -0.808. The van der Waals surface area contributed by atoms with E-state index in [0.29, 0.717) is 45.1 Å². The fourth-order valence-corrected chi connectivity index (χ4v) is 3.07. The van der Waals surface area contributed by atoms with Gasteiger partial charge in [-0.15, -0.1) is 0 Å². The second-order valence-electron chi connectivity index (χ2n) is 6.22. The predicted octanol–water partition coefficient (Wildman–Crippen LogP) is 2.92. The number of nitrogens with two attached hydrogens (primary N) is 1. The normalized spacial score (nSPS) is 10.7. The van der Waals surface area contributed by atoms with Crippen molar-refractivity contribution in [2.45, 2.75) is 6.92 Å². The molecule has 0 atom stereocenters.